The zero-order chi connectivity index (χ0) is 24.5. The first-order valence-electron chi connectivity index (χ1n) is 10.6. The van der Waals surface area contributed by atoms with Gasteiger partial charge in [0.25, 0.3) is 21.6 Å². The van der Waals surface area contributed by atoms with Crippen LogP contribution in [0.1, 0.15) is 27.9 Å². The van der Waals surface area contributed by atoms with E-state index in [9.17, 15) is 23.3 Å². The summed E-state index contributed by atoms with van der Waals surface area (Å²) in [5.74, 6) is 0.0426. The van der Waals surface area contributed by atoms with Crippen LogP contribution in [0.2, 0.25) is 0 Å². The number of rotatable bonds is 6. The van der Waals surface area contributed by atoms with Crippen molar-refractivity contribution in [2.24, 2.45) is 0 Å². The maximum absolute atomic E-state index is 13.4. The normalized spacial score (nSPS) is 13.2. The van der Waals surface area contributed by atoms with Crippen molar-refractivity contribution in [2.45, 2.75) is 24.7 Å². The summed E-state index contributed by atoms with van der Waals surface area (Å²) in [5.41, 5.74) is 2.03. The highest BCUT2D eigenvalue weighted by molar-refractivity contribution is 7.92. The second-order valence-corrected chi connectivity index (χ2v) is 9.72. The van der Waals surface area contributed by atoms with Gasteiger partial charge in [-0.25, -0.2) is 8.42 Å². The molecule has 10 heteroatoms. The van der Waals surface area contributed by atoms with Crippen LogP contribution in [0.5, 0.6) is 5.75 Å². The number of nitro groups is 1. The molecule has 0 unspecified atom stereocenters. The Labute approximate surface area is 197 Å². The number of amides is 1. The maximum Gasteiger partial charge on any atom is 0.273 e. The highest BCUT2D eigenvalue weighted by Crippen LogP contribution is 2.35. The minimum absolute atomic E-state index is 0.141. The fourth-order valence-electron chi connectivity index (χ4n) is 4.01. The summed E-state index contributed by atoms with van der Waals surface area (Å²) in [6.07, 6.45) is 1.38. The number of fused-ring (bicyclic) bond motifs is 1. The molecule has 1 aliphatic rings. The van der Waals surface area contributed by atoms with Gasteiger partial charge >= 0.3 is 0 Å². The monoisotopic (exact) mass is 481 g/mol. The first-order chi connectivity index (χ1) is 16.2. The van der Waals surface area contributed by atoms with Gasteiger partial charge in [-0.3, -0.25) is 19.2 Å². The Bertz CT molecular complexity index is 1370. The molecule has 1 N–H and O–H groups in total. The summed E-state index contributed by atoms with van der Waals surface area (Å²) in [6.45, 7) is 1.83. The number of aryl methyl sites for hydroxylation is 1. The van der Waals surface area contributed by atoms with Crippen LogP contribution in [0.3, 0.4) is 0 Å². The van der Waals surface area contributed by atoms with E-state index in [2.05, 4.69) is 5.32 Å². The Hall–Kier alpha value is -3.92. The van der Waals surface area contributed by atoms with E-state index in [4.69, 9.17) is 4.74 Å². The molecule has 0 aliphatic carbocycles. The van der Waals surface area contributed by atoms with Crippen molar-refractivity contribution < 1.29 is 22.9 Å². The van der Waals surface area contributed by atoms with Crippen molar-refractivity contribution >= 4 is 33.0 Å². The van der Waals surface area contributed by atoms with Gasteiger partial charge in [0.05, 0.1) is 22.6 Å². The molecule has 0 bridgehead atoms. The molecule has 1 amide bonds. The topological polar surface area (TPSA) is 119 Å². The lowest BCUT2D eigenvalue weighted by Gasteiger charge is -2.31. The molecule has 0 fully saturated rings. The van der Waals surface area contributed by atoms with Gasteiger partial charge in [0.2, 0.25) is 0 Å². The van der Waals surface area contributed by atoms with Gasteiger partial charge in [-0.2, -0.15) is 0 Å². The summed E-state index contributed by atoms with van der Waals surface area (Å²) in [4.78, 5) is 23.7. The van der Waals surface area contributed by atoms with E-state index in [1.165, 1.54) is 48.7 Å². The second-order valence-electron chi connectivity index (χ2n) is 7.86. The first-order valence-corrected chi connectivity index (χ1v) is 12.0. The molecule has 0 spiro atoms. The standard InChI is InChI=1S/C24H23N3O6S/c1-16-21(6-3-7-22(16)27(29)30)24(28)25-18-9-8-17-5-4-14-26(23(17)15-18)34(31,32)20-12-10-19(33-2)11-13-20/h3,6-13,15H,4-5,14H2,1-2H3,(H,25,28). The van der Waals surface area contributed by atoms with Crippen LogP contribution in [0, 0.1) is 17.0 Å². The van der Waals surface area contributed by atoms with Crippen LogP contribution in [-0.2, 0) is 16.4 Å². The average molecular weight is 482 g/mol. The van der Waals surface area contributed by atoms with Crippen molar-refractivity contribution in [3.05, 3.63) is 87.5 Å². The first kappa shape index (κ1) is 23.2. The largest absolute Gasteiger partial charge is 0.497 e. The molecule has 0 aromatic heterocycles. The van der Waals surface area contributed by atoms with Gasteiger partial charge in [0.1, 0.15) is 5.75 Å². The smallest absolute Gasteiger partial charge is 0.273 e. The summed E-state index contributed by atoms with van der Waals surface area (Å²) in [7, 11) is -2.32. The Morgan fingerprint density at radius 2 is 1.85 bits per heavy atom. The van der Waals surface area contributed by atoms with E-state index in [0.29, 0.717) is 36.5 Å². The molecule has 3 aromatic rings. The minimum Gasteiger partial charge on any atom is -0.497 e. The van der Waals surface area contributed by atoms with Gasteiger partial charge in [0.15, 0.2) is 0 Å². The zero-order valence-corrected chi connectivity index (χ0v) is 19.5. The van der Waals surface area contributed by atoms with Crippen molar-refractivity contribution in [3.8, 4) is 5.75 Å². The summed E-state index contributed by atoms with van der Waals surface area (Å²) >= 11 is 0. The maximum atomic E-state index is 13.4. The Kier molecular flexibility index (Phi) is 6.25. The number of hydrogen-bond acceptors (Lipinski definition) is 6. The molecule has 3 aromatic carbocycles. The third kappa shape index (κ3) is 4.32. The molecular weight excluding hydrogens is 458 g/mol. The van der Waals surface area contributed by atoms with Crippen LogP contribution in [0.15, 0.2) is 65.6 Å². The number of nitrogens with zero attached hydrogens (tertiary/aromatic N) is 2. The van der Waals surface area contributed by atoms with Crippen LogP contribution >= 0.6 is 0 Å². The SMILES string of the molecule is COc1ccc(S(=O)(=O)N2CCCc3ccc(NC(=O)c4cccc([N+](=O)[O-])c4C)cc32)cc1. The molecule has 1 heterocycles. The van der Waals surface area contributed by atoms with Crippen molar-refractivity contribution in [2.75, 3.05) is 23.3 Å². The number of hydrogen-bond donors (Lipinski definition) is 1. The molecule has 34 heavy (non-hydrogen) atoms. The number of ether oxygens (including phenoxy) is 1. The highest BCUT2D eigenvalue weighted by atomic mass is 32.2. The zero-order valence-electron chi connectivity index (χ0n) is 18.6. The molecule has 0 saturated carbocycles. The third-order valence-electron chi connectivity index (χ3n) is 5.81. The molecular formula is C24H23N3O6S. The molecule has 0 radical (unpaired) electrons. The number of benzene rings is 3. The lowest BCUT2D eigenvalue weighted by molar-refractivity contribution is -0.385. The van der Waals surface area contributed by atoms with Crippen LogP contribution < -0.4 is 14.4 Å². The van der Waals surface area contributed by atoms with E-state index in [-0.39, 0.29) is 21.7 Å². The van der Waals surface area contributed by atoms with Crippen LogP contribution in [0.4, 0.5) is 17.1 Å². The number of sulfonamides is 1. The fraction of sp³-hybridized carbons (Fsp3) is 0.208. The van der Waals surface area contributed by atoms with E-state index in [1.54, 1.807) is 30.3 Å². The Morgan fingerprint density at radius 3 is 2.53 bits per heavy atom. The second kappa shape index (κ2) is 9.14. The quantitative estimate of drug-likeness (QED) is 0.414. The molecule has 176 valence electrons. The van der Waals surface area contributed by atoms with Gasteiger partial charge < -0.3 is 10.1 Å². The van der Waals surface area contributed by atoms with Crippen LogP contribution in [0.25, 0.3) is 0 Å². The average Bonchev–Trinajstić information content (AvgIpc) is 2.83. The van der Waals surface area contributed by atoms with E-state index in [0.717, 1.165) is 5.56 Å². The summed E-state index contributed by atoms with van der Waals surface area (Å²) in [5, 5.41) is 13.9. The summed E-state index contributed by atoms with van der Waals surface area (Å²) < 4.78 is 33.2. The molecule has 1 aliphatic heterocycles. The Balaban J connectivity index is 1.66. The van der Waals surface area contributed by atoms with Gasteiger partial charge in [-0.05, 0) is 67.8 Å². The van der Waals surface area contributed by atoms with Crippen molar-refractivity contribution in [1.29, 1.82) is 0 Å². The number of carbonyl (C=O) groups excluding carboxylic acids is 1. The lowest BCUT2D eigenvalue weighted by atomic mass is 10.0. The molecule has 0 atom stereocenters. The minimum atomic E-state index is -3.83. The molecule has 4 rings (SSSR count). The number of nitro benzene ring substituents is 1. The van der Waals surface area contributed by atoms with E-state index >= 15 is 0 Å². The molecule has 0 saturated heterocycles. The predicted octanol–water partition coefficient (Wildman–Crippen LogP) is 4.31. The van der Waals surface area contributed by atoms with Gasteiger partial charge in [-0.15, -0.1) is 0 Å². The van der Waals surface area contributed by atoms with Gasteiger partial charge in [0, 0.05) is 29.4 Å². The fourth-order valence-corrected chi connectivity index (χ4v) is 5.54. The predicted molar refractivity (Wildman–Crippen MR) is 128 cm³/mol. The van der Waals surface area contributed by atoms with Gasteiger partial charge in [-0.1, -0.05) is 12.1 Å². The molecule has 9 nitrogen and oxygen atoms in total. The highest BCUT2D eigenvalue weighted by Gasteiger charge is 2.29. The number of anilines is 2. The summed E-state index contributed by atoms with van der Waals surface area (Å²) in [6, 6.07) is 15.6. The number of methoxy groups -OCH3 is 1. The number of nitrogens with one attached hydrogen (secondary N) is 1. The Morgan fingerprint density at radius 1 is 1.12 bits per heavy atom. The lowest BCUT2D eigenvalue weighted by Crippen LogP contribution is -2.35. The van der Waals surface area contributed by atoms with Crippen molar-refractivity contribution in [3.63, 3.8) is 0 Å². The van der Waals surface area contributed by atoms with Crippen LogP contribution in [-0.4, -0.2) is 32.9 Å². The third-order valence-corrected chi connectivity index (χ3v) is 7.64. The van der Waals surface area contributed by atoms with E-state index < -0.39 is 20.9 Å². The van der Waals surface area contributed by atoms with E-state index in [1.807, 2.05) is 0 Å². The van der Waals surface area contributed by atoms with Crippen molar-refractivity contribution in [1.82, 2.24) is 0 Å². The number of carbonyl (C=O) groups is 1.